The molecule has 8 nitrogen and oxygen atoms in total. The van der Waals surface area contributed by atoms with Gasteiger partial charge in [-0.25, -0.2) is 13.4 Å². The number of piperazine rings is 1. The molecule has 1 aromatic carbocycles. The van der Waals surface area contributed by atoms with E-state index in [-0.39, 0.29) is 23.9 Å². The number of hydrogen-bond donors (Lipinski definition) is 0. The van der Waals surface area contributed by atoms with Crippen LogP contribution in [0.2, 0.25) is 5.02 Å². The topological polar surface area (TPSA) is 88.4 Å². The van der Waals surface area contributed by atoms with E-state index in [1.807, 2.05) is 0 Å². The Morgan fingerprint density at radius 3 is 2.40 bits per heavy atom. The first kappa shape index (κ1) is 17.8. The summed E-state index contributed by atoms with van der Waals surface area (Å²) in [6.45, 7) is 1.77. The van der Waals surface area contributed by atoms with E-state index in [0.29, 0.717) is 31.1 Å². The quantitative estimate of drug-likeness (QED) is 0.763. The van der Waals surface area contributed by atoms with Crippen LogP contribution in [0.3, 0.4) is 0 Å². The fourth-order valence-electron chi connectivity index (χ4n) is 2.65. The molecule has 0 aliphatic carbocycles. The van der Waals surface area contributed by atoms with Crippen LogP contribution in [0, 0.1) is 0 Å². The van der Waals surface area contributed by atoms with Gasteiger partial charge in [0.05, 0.1) is 11.4 Å². The largest absolute Gasteiger partial charge is 0.340 e. The molecule has 2 aromatic rings. The Balaban J connectivity index is 1.55. The summed E-state index contributed by atoms with van der Waals surface area (Å²) >= 11 is 5.81. The number of halogens is 1. The molecule has 0 unspecified atom stereocenters. The molecule has 2 heterocycles. The monoisotopic (exact) mass is 383 g/mol. The van der Waals surface area contributed by atoms with Crippen LogP contribution in [0.15, 0.2) is 41.8 Å². The van der Waals surface area contributed by atoms with Crippen LogP contribution in [0.5, 0.6) is 0 Å². The molecule has 0 spiro atoms. The summed E-state index contributed by atoms with van der Waals surface area (Å²) in [5.41, 5.74) is 0. The van der Waals surface area contributed by atoms with Crippen molar-refractivity contribution in [2.45, 2.75) is 17.9 Å². The number of nitrogens with zero attached hydrogens (tertiary/aromatic N) is 5. The molecule has 10 heteroatoms. The van der Waals surface area contributed by atoms with Gasteiger partial charge in [0, 0.05) is 37.6 Å². The molecule has 0 N–H and O–H groups in total. The summed E-state index contributed by atoms with van der Waals surface area (Å²) in [7, 11) is -3.56. The van der Waals surface area contributed by atoms with Crippen LogP contribution in [0.1, 0.15) is 6.42 Å². The van der Waals surface area contributed by atoms with Crippen molar-refractivity contribution in [3.05, 3.63) is 41.9 Å². The van der Waals surface area contributed by atoms with Crippen LogP contribution in [-0.2, 0) is 21.4 Å². The maximum Gasteiger partial charge on any atom is 0.243 e. The van der Waals surface area contributed by atoms with Crippen molar-refractivity contribution < 1.29 is 13.2 Å². The molecular formula is C15H18ClN5O3S. The van der Waals surface area contributed by atoms with Gasteiger partial charge >= 0.3 is 0 Å². The Morgan fingerprint density at radius 2 is 1.80 bits per heavy atom. The number of hydrogen-bond acceptors (Lipinski definition) is 5. The number of aromatic nitrogens is 3. The van der Waals surface area contributed by atoms with Crippen molar-refractivity contribution in [1.82, 2.24) is 24.0 Å². The number of carbonyl (C=O) groups excluding carboxylic acids is 1. The maximum atomic E-state index is 12.6. The first-order valence-corrected chi connectivity index (χ1v) is 9.64. The Morgan fingerprint density at radius 1 is 1.12 bits per heavy atom. The molecule has 25 heavy (non-hydrogen) atoms. The Bertz CT molecular complexity index is 815. The van der Waals surface area contributed by atoms with Crippen LogP contribution in [0.25, 0.3) is 0 Å². The molecule has 1 aromatic heterocycles. The first-order valence-electron chi connectivity index (χ1n) is 7.83. The van der Waals surface area contributed by atoms with E-state index in [2.05, 4.69) is 10.1 Å². The van der Waals surface area contributed by atoms with E-state index in [1.165, 1.54) is 22.8 Å². The third-order valence-electron chi connectivity index (χ3n) is 4.06. The standard InChI is InChI=1S/C15H18ClN5O3S/c16-13-1-3-14(4-2-13)25(23,24)21-9-7-19(8-10-21)15(22)5-6-20-12-17-11-18-20/h1-4,11-12H,5-10H2. The molecular weight excluding hydrogens is 366 g/mol. The smallest absolute Gasteiger partial charge is 0.243 e. The molecule has 0 saturated carbocycles. The third kappa shape index (κ3) is 4.17. The Labute approximate surface area is 151 Å². The van der Waals surface area contributed by atoms with Crippen molar-refractivity contribution in [2.24, 2.45) is 0 Å². The van der Waals surface area contributed by atoms with Gasteiger partial charge in [-0.1, -0.05) is 11.6 Å². The Hall–Kier alpha value is -1.97. The lowest BCUT2D eigenvalue weighted by molar-refractivity contribution is -0.132. The van der Waals surface area contributed by atoms with Crippen LogP contribution in [-0.4, -0.2) is 64.5 Å². The van der Waals surface area contributed by atoms with Gasteiger partial charge in [0.2, 0.25) is 15.9 Å². The lowest BCUT2D eigenvalue weighted by atomic mass is 10.3. The van der Waals surface area contributed by atoms with Gasteiger partial charge in [-0.3, -0.25) is 9.48 Å². The molecule has 0 atom stereocenters. The fourth-order valence-corrected chi connectivity index (χ4v) is 4.20. The predicted octanol–water partition coefficient (Wildman–Crippen LogP) is 0.855. The molecule has 1 fully saturated rings. The molecule has 0 radical (unpaired) electrons. The number of amides is 1. The normalized spacial score (nSPS) is 16.1. The summed E-state index contributed by atoms with van der Waals surface area (Å²) in [5, 5.41) is 4.44. The summed E-state index contributed by atoms with van der Waals surface area (Å²) in [6, 6.07) is 6.09. The third-order valence-corrected chi connectivity index (χ3v) is 6.23. The molecule has 1 aliphatic heterocycles. The van der Waals surface area contributed by atoms with E-state index >= 15 is 0 Å². The van der Waals surface area contributed by atoms with Crippen LogP contribution < -0.4 is 0 Å². The highest BCUT2D eigenvalue weighted by Crippen LogP contribution is 2.20. The highest BCUT2D eigenvalue weighted by Gasteiger charge is 2.29. The van der Waals surface area contributed by atoms with Gasteiger partial charge in [-0.05, 0) is 24.3 Å². The van der Waals surface area contributed by atoms with Gasteiger partial charge in [0.15, 0.2) is 0 Å². The van der Waals surface area contributed by atoms with Gasteiger partial charge in [-0.15, -0.1) is 0 Å². The van der Waals surface area contributed by atoms with E-state index in [1.54, 1.807) is 28.0 Å². The van der Waals surface area contributed by atoms with Crippen molar-refractivity contribution in [3.63, 3.8) is 0 Å². The average molecular weight is 384 g/mol. The van der Waals surface area contributed by atoms with Crippen molar-refractivity contribution in [3.8, 4) is 0 Å². The lowest BCUT2D eigenvalue weighted by Gasteiger charge is -2.34. The van der Waals surface area contributed by atoms with Crippen molar-refractivity contribution in [2.75, 3.05) is 26.2 Å². The van der Waals surface area contributed by atoms with E-state index in [9.17, 15) is 13.2 Å². The fraction of sp³-hybridized carbons (Fsp3) is 0.400. The minimum Gasteiger partial charge on any atom is -0.340 e. The van der Waals surface area contributed by atoms with Gasteiger partial charge in [-0.2, -0.15) is 9.40 Å². The average Bonchev–Trinajstić information content (AvgIpc) is 3.14. The minimum atomic E-state index is -3.56. The number of sulfonamides is 1. The highest BCUT2D eigenvalue weighted by atomic mass is 35.5. The second-order valence-corrected chi connectivity index (χ2v) is 8.02. The SMILES string of the molecule is O=C(CCn1cncn1)N1CCN(S(=O)(=O)c2ccc(Cl)cc2)CC1. The summed E-state index contributed by atoms with van der Waals surface area (Å²) in [6.07, 6.45) is 3.29. The zero-order chi connectivity index (χ0) is 17.9. The minimum absolute atomic E-state index is 0.0148. The van der Waals surface area contributed by atoms with E-state index in [0.717, 1.165) is 0 Å². The zero-order valence-electron chi connectivity index (χ0n) is 13.5. The predicted molar refractivity (Wildman–Crippen MR) is 91.4 cm³/mol. The summed E-state index contributed by atoms with van der Waals surface area (Å²) in [5.74, 6) is -0.0148. The molecule has 1 saturated heterocycles. The lowest BCUT2D eigenvalue weighted by Crippen LogP contribution is -2.50. The maximum absolute atomic E-state index is 12.6. The number of benzene rings is 1. The van der Waals surface area contributed by atoms with Gasteiger partial charge in [0.25, 0.3) is 0 Å². The van der Waals surface area contributed by atoms with Gasteiger partial charge < -0.3 is 4.90 Å². The molecule has 0 bridgehead atoms. The molecule has 1 aliphatic rings. The molecule has 1 amide bonds. The number of rotatable bonds is 5. The summed E-state index contributed by atoms with van der Waals surface area (Å²) in [4.78, 5) is 18.0. The van der Waals surface area contributed by atoms with Crippen LogP contribution in [0.4, 0.5) is 0 Å². The van der Waals surface area contributed by atoms with E-state index in [4.69, 9.17) is 11.6 Å². The van der Waals surface area contributed by atoms with Crippen molar-refractivity contribution >= 4 is 27.5 Å². The molecule has 134 valence electrons. The first-order chi connectivity index (χ1) is 12.0. The second kappa shape index (κ2) is 7.51. The highest BCUT2D eigenvalue weighted by molar-refractivity contribution is 7.89. The zero-order valence-corrected chi connectivity index (χ0v) is 15.0. The second-order valence-electron chi connectivity index (χ2n) is 5.65. The van der Waals surface area contributed by atoms with E-state index < -0.39 is 10.0 Å². The van der Waals surface area contributed by atoms with Crippen LogP contribution >= 0.6 is 11.6 Å². The Kier molecular flexibility index (Phi) is 5.36. The molecule has 3 rings (SSSR count). The van der Waals surface area contributed by atoms with Gasteiger partial charge in [0.1, 0.15) is 12.7 Å². The van der Waals surface area contributed by atoms with Crippen molar-refractivity contribution in [1.29, 1.82) is 0 Å². The number of carbonyl (C=O) groups is 1. The summed E-state index contributed by atoms with van der Waals surface area (Å²) < 4.78 is 28.2. The number of aryl methyl sites for hydroxylation is 1.